The van der Waals surface area contributed by atoms with Crippen LogP contribution in [0.5, 0.6) is 0 Å². The summed E-state index contributed by atoms with van der Waals surface area (Å²) in [5.41, 5.74) is 6.56. The molecule has 108 valence electrons. The number of amides is 1. The largest absolute Gasteiger partial charge is 0.392 e. The summed E-state index contributed by atoms with van der Waals surface area (Å²) >= 11 is 5.14. The van der Waals surface area contributed by atoms with E-state index in [1.165, 1.54) is 0 Å². The van der Waals surface area contributed by atoms with Gasteiger partial charge in [0.2, 0.25) is 0 Å². The molecule has 21 heavy (non-hydrogen) atoms. The van der Waals surface area contributed by atoms with E-state index in [1.807, 2.05) is 47.4 Å². The summed E-state index contributed by atoms with van der Waals surface area (Å²) in [6.45, 7) is 0.726. The molecule has 0 aliphatic carbocycles. The maximum atomic E-state index is 12.9. The van der Waals surface area contributed by atoms with Crippen molar-refractivity contribution in [3.63, 3.8) is 0 Å². The van der Waals surface area contributed by atoms with Crippen LogP contribution < -0.4 is 5.73 Å². The molecule has 1 saturated heterocycles. The van der Waals surface area contributed by atoms with Crippen molar-refractivity contribution in [3.05, 3.63) is 48.0 Å². The number of nitrogens with two attached hydrogens (primary N) is 1. The molecule has 0 spiro atoms. The van der Waals surface area contributed by atoms with E-state index < -0.39 is 0 Å². The van der Waals surface area contributed by atoms with Crippen LogP contribution in [0, 0.1) is 0 Å². The number of piperidine rings is 1. The molecule has 1 fully saturated rings. The molecule has 1 aliphatic rings. The number of nitrogens with zero attached hydrogens (tertiary/aromatic N) is 1. The highest BCUT2D eigenvalue weighted by Gasteiger charge is 2.29. The number of carbonyl (C=O) groups is 1. The third kappa shape index (κ3) is 2.63. The van der Waals surface area contributed by atoms with Gasteiger partial charge in [0, 0.05) is 12.1 Å². The first-order valence-corrected chi connectivity index (χ1v) is 7.67. The van der Waals surface area contributed by atoms with E-state index in [0.29, 0.717) is 4.99 Å². The molecule has 1 unspecified atom stereocenters. The first-order valence-electron chi connectivity index (χ1n) is 7.26. The second-order valence-corrected chi connectivity index (χ2v) is 5.91. The summed E-state index contributed by atoms with van der Waals surface area (Å²) in [6, 6.07) is 13.7. The molecule has 0 saturated carbocycles. The highest BCUT2D eigenvalue weighted by atomic mass is 32.1. The van der Waals surface area contributed by atoms with Crippen LogP contribution in [-0.2, 0) is 0 Å². The molecule has 4 heteroatoms. The van der Waals surface area contributed by atoms with Crippen molar-refractivity contribution in [2.75, 3.05) is 6.54 Å². The normalized spacial score (nSPS) is 18.7. The van der Waals surface area contributed by atoms with Crippen LogP contribution in [0.3, 0.4) is 0 Å². The zero-order chi connectivity index (χ0) is 14.8. The summed E-state index contributed by atoms with van der Waals surface area (Å²) in [7, 11) is 0. The smallest absolute Gasteiger partial charge is 0.255 e. The van der Waals surface area contributed by atoms with Gasteiger partial charge in [-0.15, -0.1) is 0 Å². The van der Waals surface area contributed by atoms with Crippen LogP contribution >= 0.6 is 12.2 Å². The Bertz CT molecular complexity index is 693. The third-order valence-electron chi connectivity index (χ3n) is 4.11. The molecule has 0 bridgehead atoms. The van der Waals surface area contributed by atoms with E-state index in [1.54, 1.807) is 0 Å². The van der Waals surface area contributed by atoms with E-state index in [0.717, 1.165) is 42.1 Å². The highest BCUT2D eigenvalue weighted by molar-refractivity contribution is 7.80. The van der Waals surface area contributed by atoms with Crippen molar-refractivity contribution >= 4 is 33.9 Å². The molecule has 3 rings (SSSR count). The van der Waals surface area contributed by atoms with Crippen LogP contribution in [0.2, 0.25) is 0 Å². The van der Waals surface area contributed by atoms with Crippen LogP contribution in [0.4, 0.5) is 0 Å². The Balaban J connectivity index is 2.01. The van der Waals surface area contributed by atoms with Crippen molar-refractivity contribution < 1.29 is 4.79 Å². The number of likely N-dealkylation sites (tertiary alicyclic amines) is 1. The van der Waals surface area contributed by atoms with Crippen molar-refractivity contribution in [2.45, 2.75) is 25.3 Å². The fourth-order valence-electron chi connectivity index (χ4n) is 3.04. The molecule has 1 aliphatic heterocycles. The average Bonchev–Trinajstić information content (AvgIpc) is 2.53. The molecule has 1 heterocycles. The zero-order valence-electron chi connectivity index (χ0n) is 11.8. The van der Waals surface area contributed by atoms with Crippen molar-refractivity contribution in [1.29, 1.82) is 0 Å². The zero-order valence-corrected chi connectivity index (χ0v) is 12.6. The number of benzene rings is 2. The number of fused-ring (bicyclic) bond motifs is 1. The third-order valence-corrected chi connectivity index (χ3v) is 4.38. The van der Waals surface area contributed by atoms with E-state index in [9.17, 15) is 4.79 Å². The lowest BCUT2D eigenvalue weighted by Crippen LogP contribution is -2.49. The lowest BCUT2D eigenvalue weighted by Gasteiger charge is -2.35. The Kier molecular flexibility index (Phi) is 3.88. The molecule has 0 aromatic heterocycles. The van der Waals surface area contributed by atoms with Crippen LogP contribution in [0.1, 0.15) is 29.6 Å². The second-order valence-electron chi connectivity index (χ2n) is 5.44. The second kappa shape index (κ2) is 5.82. The maximum absolute atomic E-state index is 12.9. The Morgan fingerprint density at radius 2 is 1.90 bits per heavy atom. The topological polar surface area (TPSA) is 46.3 Å². The SMILES string of the molecule is NC(=S)C1CCCCN1C(=O)c1cccc2ccccc12. The Labute approximate surface area is 129 Å². The van der Waals surface area contributed by atoms with Gasteiger partial charge >= 0.3 is 0 Å². The molecular formula is C17H18N2OS. The van der Waals surface area contributed by atoms with Gasteiger partial charge in [-0.3, -0.25) is 4.79 Å². The first kappa shape index (κ1) is 14.0. The fourth-order valence-corrected chi connectivity index (χ4v) is 3.28. The monoisotopic (exact) mass is 298 g/mol. The Morgan fingerprint density at radius 1 is 1.14 bits per heavy atom. The van der Waals surface area contributed by atoms with Gasteiger partial charge in [0.1, 0.15) is 0 Å². The Hall–Kier alpha value is -1.94. The minimum Gasteiger partial charge on any atom is -0.392 e. The highest BCUT2D eigenvalue weighted by Crippen LogP contribution is 2.24. The van der Waals surface area contributed by atoms with E-state index in [4.69, 9.17) is 18.0 Å². The number of hydrogen-bond donors (Lipinski definition) is 1. The lowest BCUT2D eigenvalue weighted by molar-refractivity contribution is 0.0683. The van der Waals surface area contributed by atoms with Gasteiger partial charge in [0.25, 0.3) is 5.91 Å². The van der Waals surface area contributed by atoms with E-state index in [2.05, 4.69) is 0 Å². The Morgan fingerprint density at radius 3 is 2.71 bits per heavy atom. The molecule has 2 N–H and O–H groups in total. The standard InChI is InChI=1S/C17H18N2OS/c18-16(21)15-10-3-4-11-19(15)17(20)14-9-5-7-12-6-1-2-8-13(12)14/h1-2,5-9,15H,3-4,10-11H2,(H2,18,21). The average molecular weight is 298 g/mol. The molecule has 1 atom stereocenters. The number of hydrogen-bond acceptors (Lipinski definition) is 2. The van der Waals surface area contributed by atoms with Gasteiger partial charge in [-0.2, -0.15) is 0 Å². The summed E-state index contributed by atoms with van der Waals surface area (Å²) in [5, 5.41) is 2.06. The summed E-state index contributed by atoms with van der Waals surface area (Å²) in [4.78, 5) is 15.2. The summed E-state index contributed by atoms with van der Waals surface area (Å²) < 4.78 is 0. The first-order chi connectivity index (χ1) is 10.2. The molecule has 3 nitrogen and oxygen atoms in total. The number of thiocarbonyl (C=S) groups is 1. The lowest BCUT2D eigenvalue weighted by atomic mass is 9.98. The van der Waals surface area contributed by atoms with Gasteiger partial charge in [-0.25, -0.2) is 0 Å². The van der Waals surface area contributed by atoms with Gasteiger partial charge < -0.3 is 10.6 Å². The van der Waals surface area contributed by atoms with Gasteiger partial charge in [0.15, 0.2) is 0 Å². The molecule has 0 radical (unpaired) electrons. The molecule has 1 amide bonds. The molecule has 2 aromatic rings. The predicted octanol–water partition coefficient (Wildman–Crippen LogP) is 3.12. The van der Waals surface area contributed by atoms with Gasteiger partial charge in [-0.1, -0.05) is 48.6 Å². The van der Waals surface area contributed by atoms with Crippen LogP contribution in [0.25, 0.3) is 10.8 Å². The number of rotatable bonds is 2. The molecular weight excluding hydrogens is 280 g/mol. The van der Waals surface area contributed by atoms with E-state index in [-0.39, 0.29) is 11.9 Å². The van der Waals surface area contributed by atoms with Crippen molar-refractivity contribution in [2.24, 2.45) is 5.73 Å². The number of carbonyl (C=O) groups excluding carboxylic acids is 1. The van der Waals surface area contributed by atoms with Crippen LogP contribution in [-0.4, -0.2) is 28.4 Å². The van der Waals surface area contributed by atoms with E-state index >= 15 is 0 Å². The van der Waals surface area contributed by atoms with Crippen molar-refractivity contribution in [3.8, 4) is 0 Å². The fraction of sp³-hybridized carbons (Fsp3) is 0.294. The minimum atomic E-state index is -0.111. The van der Waals surface area contributed by atoms with Gasteiger partial charge in [-0.05, 0) is 36.1 Å². The minimum absolute atomic E-state index is 0.0318. The van der Waals surface area contributed by atoms with Crippen LogP contribution in [0.15, 0.2) is 42.5 Å². The van der Waals surface area contributed by atoms with Gasteiger partial charge in [0.05, 0.1) is 11.0 Å². The predicted molar refractivity (Wildman–Crippen MR) is 89.4 cm³/mol. The van der Waals surface area contributed by atoms with Crippen molar-refractivity contribution in [1.82, 2.24) is 4.90 Å². The summed E-state index contributed by atoms with van der Waals surface area (Å²) in [6.07, 6.45) is 2.95. The quantitative estimate of drug-likeness (QED) is 0.867. The summed E-state index contributed by atoms with van der Waals surface area (Å²) in [5.74, 6) is 0.0318. The molecule has 2 aromatic carbocycles. The maximum Gasteiger partial charge on any atom is 0.255 e.